The second-order valence-electron chi connectivity index (χ2n) is 3.75. The molecule has 0 amide bonds. The molecule has 0 saturated carbocycles. The van der Waals surface area contributed by atoms with Crippen molar-refractivity contribution in [1.29, 1.82) is 0 Å². The molecule has 0 aliphatic rings. The number of aliphatic hydroxyl groups excluding tert-OH is 2. The fourth-order valence-electron chi connectivity index (χ4n) is 1.04. The van der Waals surface area contributed by atoms with Crippen LogP contribution in [0.4, 0.5) is 0 Å². The summed E-state index contributed by atoms with van der Waals surface area (Å²) in [6.07, 6.45) is -0.0205. The smallest absolute Gasteiger partial charge is 0.330 e. The molecule has 0 aliphatic heterocycles. The Hall–Kier alpha value is -1.54. The topological polar surface area (TPSA) is 102 Å². The van der Waals surface area contributed by atoms with E-state index in [-0.39, 0.29) is 26.4 Å². The first-order valence-corrected chi connectivity index (χ1v) is 6.02. The minimum Gasteiger partial charge on any atom is -0.460 e. The van der Waals surface area contributed by atoms with E-state index >= 15 is 0 Å². The minimum absolute atomic E-state index is 0.00142. The predicted molar refractivity (Wildman–Crippen MR) is 69.8 cm³/mol. The van der Waals surface area contributed by atoms with Gasteiger partial charge in [-0.3, -0.25) is 4.79 Å². The highest BCUT2D eigenvalue weighted by Crippen LogP contribution is 1.95. The lowest BCUT2D eigenvalue weighted by Gasteiger charge is -2.12. The summed E-state index contributed by atoms with van der Waals surface area (Å²) in [6.45, 7) is 6.64. The maximum atomic E-state index is 10.9. The molecule has 0 fully saturated rings. The van der Waals surface area contributed by atoms with Gasteiger partial charge < -0.3 is 24.4 Å². The zero-order valence-electron chi connectivity index (χ0n) is 11.2. The van der Waals surface area contributed by atoms with Gasteiger partial charge in [-0.25, -0.2) is 4.79 Å². The zero-order valence-corrected chi connectivity index (χ0v) is 11.2. The van der Waals surface area contributed by atoms with Crippen LogP contribution in [-0.4, -0.2) is 60.8 Å². The Balaban J connectivity index is 3.48. The summed E-state index contributed by atoms with van der Waals surface area (Å²) in [5, 5.41) is 18.5. The molecule has 20 heavy (non-hydrogen) atoms. The summed E-state index contributed by atoms with van der Waals surface area (Å²) >= 11 is 0. The van der Waals surface area contributed by atoms with Crippen LogP contribution in [0.25, 0.3) is 0 Å². The van der Waals surface area contributed by atoms with Crippen LogP contribution in [0.2, 0.25) is 0 Å². The third-order valence-corrected chi connectivity index (χ3v) is 2.05. The summed E-state index contributed by atoms with van der Waals surface area (Å²) in [5.74, 6) is -1.22. The number of ketones is 1. The summed E-state index contributed by atoms with van der Waals surface area (Å²) < 4.78 is 14.5. The Morgan fingerprint density at radius 3 is 2.40 bits per heavy atom. The summed E-state index contributed by atoms with van der Waals surface area (Å²) in [6, 6.07) is 0. The maximum absolute atomic E-state index is 10.9. The van der Waals surface area contributed by atoms with Crippen LogP contribution in [0.15, 0.2) is 25.3 Å². The van der Waals surface area contributed by atoms with E-state index in [4.69, 9.17) is 14.6 Å². The largest absolute Gasteiger partial charge is 0.460 e. The maximum Gasteiger partial charge on any atom is 0.330 e. The molecule has 2 N–H and O–H groups in total. The number of esters is 1. The number of rotatable bonds is 12. The fourth-order valence-corrected chi connectivity index (χ4v) is 1.04. The summed E-state index contributed by atoms with van der Waals surface area (Å²) in [7, 11) is 0. The van der Waals surface area contributed by atoms with Gasteiger partial charge in [-0.15, -0.1) is 0 Å². The molecule has 114 valence electrons. The van der Waals surface area contributed by atoms with E-state index in [1.165, 1.54) is 0 Å². The van der Waals surface area contributed by atoms with Crippen LogP contribution < -0.4 is 0 Å². The summed E-state index contributed by atoms with van der Waals surface area (Å²) in [4.78, 5) is 21.6. The molecule has 2 atom stereocenters. The monoisotopic (exact) mass is 288 g/mol. The van der Waals surface area contributed by atoms with Crippen molar-refractivity contribution in [2.45, 2.75) is 18.8 Å². The molecule has 7 heteroatoms. The van der Waals surface area contributed by atoms with Crippen LogP contribution in [0.5, 0.6) is 0 Å². The molecule has 0 radical (unpaired) electrons. The van der Waals surface area contributed by atoms with Gasteiger partial charge in [0.25, 0.3) is 0 Å². The Bertz CT molecular complexity index is 327. The van der Waals surface area contributed by atoms with E-state index in [1.807, 2.05) is 0 Å². The van der Waals surface area contributed by atoms with Crippen molar-refractivity contribution in [3.05, 3.63) is 25.3 Å². The van der Waals surface area contributed by atoms with Crippen LogP contribution >= 0.6 is 0 Å². The zero-order chi connectivity index (χ0) is 15.4. The molecule has 7 nitrogen and oxygen atoms in total. The second kappa shape index (κ2) is 11.3. The van der Waals surface area contributed by atoms with Crippen LogP contribution in [0.3, 0.4) is 0 Å². The van der Waals surface area contributed by atoms with Gasteiger partial charge in [0.2, 0.25) is 12.1 Å². The van der Waals surface area contributed by atoms with E-state index in [1.54, 1.807) is 0 Å². The van der Waals surface area contributed by atoms with Crippen LogP contribution in [0.1, 0.15) is 6.42 Å². The fraction of sp³-hybridized carbons (Fsp3) is 0.538. The molecule has 0 saturated heterocycles. The van der Waals surface area contributed by atoms with Crippen molar-refractivity contribution in [3.8, 4) is 0 Å². The van der Waals surface area contributed by atoms with E-state index in [2.05, 4.69) is 17.9 Å². The van der Waals surface area contributed by atoms with Gasteiger partial charge in [0.15, 0.2) is 0 Å². The lowest BCUT2D eigenvalue weighted by molar-refractivity contribution is -0.151. The number of ether oxygens (including phenoxy) is 3. The van der Waals surface area contributed by atoms with E-state index in [9.17, 15) is 14.7 Å². The van der Waals surface area contributed by atoms with Crippen molar-refractivity contribution in [2.24, 2.45) is 0 Å². The molecule has 2 unspecified atom stereocenters. The predicted octanol–water partition coefficient (Wildman–Crippen LogP) is -0.427. The molecule has 0 rings (SSSR count). The van der Waals surface area contributed by atoms with Crippen molar-refractivity contribution >= 4 is 11.8 Å². The number of aliphatic hydroxyl groups is 2. The van der Waals surface area contributed by atoms with E-state index in [0.717, 1.165) is 12.2 Å². The molecule has 0 bridgehead atoms. The molecule has 0 aliphatic carbocycles. The molecule has 0 aromatic rings. The van der Waals surface area contributed by atoms with Gasteiger partial charge in [0, 0.05) is 12.7 Å². The number of carbonyl (C=O) groups is 2. The van der Waals surface area contributed by atoms with Gasteiger partial charge in [0.05, 0.1) is 13.2 Å². The third kappa shape index (κ3) is 9.40. The quantitative estimate of drug-likeness (QED) is 0.217. The summed E-state index contributed by atoms with van der Waals surface area (Å²) in [5.41, 5.74) is 0. The Kier molecular flexibility index (Phi) is 10.4. The van der Waals surface area contributed by atoms with Crippen molar-refractivity contribution in [2.75, 3.05) is 26.4 Å². The Labute approximate surface area is 117 Å². The van der Waals surface area contributed by atoms with E-state index in [0.29, 0.717) is 6.42 Å². The molecule has 0 spiro atoms. The Morgan fingerprint density at radius 1 is 1.10 bits per heavy atom. The number of hydrogen-bond donors (Lipinski definition) is 2. The van der Waals surface area contributed by atoms with Crippen molar-refractivity contribution in [1.82, 2.24) is 0 Å². The van der Waals surface area contributed by atoms with Gasteiger partial charge in [-0.2, -0.15) is 0 Å². The standard InChI is InChI=1S/C13H20O7/c1-3-11(15)13(17)19-7-5-6-18-8-10(14)9-20-12(16)4-2/h3-4,10,13-14,17H,1-2,5-9H2. The van der Waals surface area contributed by atoms with Gasteiger partial charge in [-0.05, 0) is 12.5 Å². The first-order valence-electron chi connectivity index (χ1n) is 6.02. The van der Waals surface area contributed by atoms with Gasteiger partial charge in [0.1, 0.15) is 12.7 Å². The van der Waals surface area contributed by atoms with Gasteiger partial charge in [-0.1, -0.05) is 13.2 Å². The average molecular weight is 288 g/mol. The average Bonchev–Trinajstić information content (AvgIpc) is 2.46. The van der Waals surface area contributed by atoms with Crippen molar-refractivity contribution in [3.63, 3.8) is 0 Å². The minimum atomic E-state index is -1.50. The highest BCUT2D eigenvalue weighted by molar-refractivity contribution is 5.91. The molecule has 0 aromatic heterocycles. The first-order chi connectivity index (χ1) is 9.51. The van der Waals surface area contributed by atoms with Crippen molar-refractivity contribution < 1.29 is 34.0 Å². The molecular weight excluding hydrogens is 268 g/mol. The number of carbonyl (C=O) groups excluding carboxylic acids is 2. The SMILES string of the molecule is C=CC(=O)OCC(O)COCCCOC(O)C(=O)C=C. The highest BCUT2D eigenvalue weighted by Gasteiger charge is 2.11. The highest BCUT2D eigenvalue weighted by atomic mass is 16.6. The molecule has 0 heterocycles. The lowest BCUT2D eigenvalue weighted by Crippen LogP contribution is -2.24. The first kappa shape index (κ1) is 18.5. The Morgan fingerprint density at radius 2 is 1.80 bits per heavy atom. The molecular formula is C13H20O7. The van der Waals surface area contributed by atoms with Crippen LogP contribution in [-0.2, 0) is 23.8 Å². The third-order valence-electron chi connectivity index (χ3n) is 2.05. The normalized spacial score (nSPS) is 13.3. The lowest BCUT2D eigenvalue weighted by atomic mass is 10.4. The number of hydrogen-bond acceptors (Lipinski definition) is 7. The van der Waals surface area contributed by atoms with Gasteiger partial charge >= 0.3 is 5.97 Å². The van der Waals surface area contributed by atoms with Crippen LogP contribution in [0, 0.1) is 0 Å². The molecule has 0 aromatic carbocycles. The van der Waals surface area contributed by atoms with E-state index < -0.39 is 24.1 Å². The second-order valence-corrected chi connectivity index (χ2v) is 3.75.